The normalized spacial score (nSPS) is 4.20. The molecule has 0 unspecified atom stereocenters. The molecule has 0 radical (unpaired) electrons. The molecule has 0 rings (SSSR count). The summed E-state index contributed by atoms with van der Waals surface area (Å²) in [4.78, 5) is 0. The van der Waals surface area contributed by atoms with Gasteiger partial charge in [-0.1, -0.05) is 0 Å². The fourth-order valence-corrected chi connectivity index (χ4v) is 0. The highest BCUT2D eigenvalue weighted by molar-refractivity contribution is 14.0. The van der Waals surface area contributed by atoms with E-state index in [1.54, 1.807) is 0 Å². The van der Waals surface area contributed by atoms with Crippen LogP contribution in [0.2, 0.25) is 0 Å². The maximum absolute atomic E-state index is 6.10. The van der Waals surface area contributed by atoms with Crippen LogP contribution in [0.1, 0.15) is 0 Å². The van der Waals surface area contributed by atoms with Gasteiger partial charge in [-0.05, 0) is 0 Å². The number of hydrogen-bond acceptors (Lipinski definition) is 2. The fraction of sp³-hybridized carbons (Fsp3) is 0.500. The van der Waals surface area contributed by atoms with E-state index in [0.29, 0.717) is 0 Å². The zero-order valence-corrected chi connectivity index (χ0v) is 5.22. The Bertz CT molecular complexity index is 23.6. The quantitative estimate of drug-likeness (QED) is 0.368. The third kappa shape index (κ3) is 14.1. The van der Waals surface area contributed by atoms with Crippen LogP contribution in [0.15, 0.2) is 0 Å². The molecule has 32 valence electrons. The predicted octanol–water partition coefficient (Wildman–Crippen LogP) is 0.858. The van der Waals surface area contributed by atoms with Gasteiger partial charge in [-0.3, -0.25) is 5.41 Å². The van der Waals surface area contributed by atoms with Gasteiger partial charge in [-0.15, -0.1) is 24.0 Å². The zero-order valence-electron chi connectivity index (χ0n) is 2.89. The van der Waals surface area contributed by atoms with E-state index in [1.807, 2.05) is 0 Å². The van der Waals surface area contributed by atoms with E-state index in [2.05, 4.69) is 4.74 Å². The molecular formula is C2H6INO. The Balaban J connectivity index is 0. The molecule has 0 bridgehead atoms. The van der Waals surface area contributed by atoms with E-state index in [-0.39, 0.29) is 24.0 Å². The Morgan fingerprint density at radius 2 is 2.00 bits per heavy atom. The van der Waals surface area contributed by atoms with E-state index < -0.39 is 0 Å². The molecule has 0 aromatic rings. The molecule has 0 aromatic heterocycles. The van der Waals surface area contributed by atoms with Gasteiger partial charge in [0, 0.05) is 0 Å². The van der Waals surface area contributed by atoms with Crippen molar-refractivity contribution in [1.82, 2.24) is 0 Å². The van der Waals surface area contributed by atoms with Gasteiger partial charge >= 0.3 is 0 Å². The van der Waals surface area contributed by atoms with Crippen LogP contribution in [-0.2, 0) is 4.74 Å². The minimum atomic E-state index is 0. The van der Waals surface area contributed by atoms with Crippen molar-refractivity contribution in [3.8, 4) is 0 Å². The smallest absolute Gasteiger partial charge is 0.166 e. The first-order valence-electron chi connectivity index (χ1n) is 0.933. The summed E-state index contributed by atoms with van der Waals surface area (Å²) >= 11 is 0. The van der Waals surface area contributed by atoms with Gasteiger partial charge in [0.1, 0.15) is 0 Å². The highest BCUT2D eigenvalue weighted by atomic mass is 127. The van der Waals surface area contributed by atoms with Crippen LogP contribution in [0.5, 0.6) is 0 Å². The van der Waals surface area contributed by atoms with Gasteiger partial charge in [-0.2, -0.15) is 0 Å². The predicted molar refractivity (Wildman–Crippen MR) is 31.2 cm³/mol. The van der Waals surface area contributed by atoms with E-state index in [0.717, 1.165) is 6.40 Å². The Morgan fingerprint density at radius 3 is 2.00 bits per heavy atom. The van der Waals surface area contributed by atoms with Crippen LogP contribution in [-0.4, -0.2) is 13.5 Å². The van der Waals surface area contributed by atoms with Crippen molar-refractivity contribution in [3.05, 3.63) is 0 Å². The summed E-state index contributed by atoms with van der Waals surface area (Å²) in [6.07, 6.45) is 0.875. The van der Waals surface area contributed by atoms with Crippen molar-refractivity contribution in [3.63, 3.8) is 0 Å². The van der Waals surface area contributed by atoms with E-state index in [4.69, 9.17) is 5.41 Å². The number of nitrogens with one attached hydrogen (secondary N) is 1. The van der Waals surface area contributed by atoms with Crippen molar-refractivity contribution >= 4 is 30.4 Å². The lowest BCUT2D eigenvalue weighted by Gasteiger charge is -1.70. The Morgan fingerprint density at radius 1 is 1.80 bits per heavy atom. The van der Waals surface area contributed by atoms with E-state index in [9.17, 15) is 0 Å². The second kappa shape index (κ2) is 8.89. The topological polar surface area (TPSA) is 33.1 Å². The second-order valence-corrected chi connectivity index (χ2v) is 0.354. The molecule has 0 aliphatic heterocycles. The van der Waals surface area contributed by atoms with Crippen LogP contribution in [0, 0.1) is 5.41 Å². The van der Waals surface area contributed by atoms with Gasteiger partial charge in [0.15, 0.2) is 6.40 Å². The summed E-state index contributed by atoms with van der Waals surface area (Å²) in [6, 6.07) is 0. The molecule has 0 heterocycles. The van der Waals surface area contributed by atoms with E-state index >= 15 is 0 Å². The molecule has 5 heavy (non-hydrogen) atoms. The first-order valence-corrected chi connectivity index (χ1v) is 0.933. The summed E-state index contributed by atoms with van der Waals surface area (Å²) in [5.41, 5.74) is 0. The molecule has 0 fully saturated rings. The number of rotatable bonds is 1. The number of halogens is 1. The summed E-state index contributed by atoms with van der Waals surface area (Å²) < 4.78 is 4.08. The monoisotopic (exact) mass is 187 g/mol. The Kier molecular flexibility index (Phi) is 15.9. The van der Waals surface area contributed by atoms with Crippen LogP contribution < -0.4 is 0 Å². The highest BCUT2D eigenvalue weighted by Gasteiger charge is 1.38. The minimum absolute atomic E-state index is 0. The summed E-state index contributed by atoms with van der Waals surface area (Å²) in [5, 5.41) is 6.10. The molecule has 0 atom stereocenters. The molecule has 1 N–H and O–H groups in total. The lowest BCUT2D eigenvalue weighted by atomic mass is 11.5. The summed E-state index contributed by atoms with van der Waals surface area (Å²) in [5.74, 6) is 0. The standard InChI is InChI=1S/C2H5NO.HI/c1-4-2-3;/h2-3H,1H3;1H. The molecule has 0 amide bonds. The van der Waals surface area contributed by atoms with Gasteiger partial charge in [0.05, 0.1) is 7.11 Å². The lowest BCUT2D eigenvalue weighted by molar-refractivity contribution is 0.419. The SMILES string of the molecule is COC=N.I. The van der Waals surface area contributed by atoms with Gasteiger partial charge < -0.3 is 4.74 Å². The number of methoxy groups -OCH3 is 1. The molecular weight excluding hydrogens is 181 g/mol. The summed E-state index contributed by atoms with van der Waals surface area (Å²) in [6.45, 7) is 0. The van der Waals surface area contributed by atoms with Crippen molar-refractivity contribution in [2.75, 3.05) is 7.11 Å². The van der Waals surface area contributed by atoms with Crippen molar-refractivity contribution in [1.29, 1.82) is 5.41 Å². The molecule has 0 spiro atoms. The van der Waals surface area contributed by atoms with Crippen molar-refractivity contribution < 1.29 is 4.74 Å². The molecule has 0 aromatic carbocycles. The van der Waals surface area contributed by atoms with Crippen LogP contribution in [0.4, 0.5) is 0 Å². The van der Waals surface area contributed by atoms with E-state index in [1.165, 1.54) is 7.11 Å². The number of hydrogen-bond donors (Lipinski definition) is 1. The lowest BCUT2D eigenvalue weighted by Crippen LogP contribution is -1.66. The van der Waals surface area contributed by atoms with Crippen molar-refractivity contribution in [2.24, 2.45) is 0 Å². The van der Waals surface area contributed by atoms with Gasteiger partial charge in [-0.25, -0.2) is 0 Å². The van der Waals surface area contributed by atoms with Crippen LogP contribution in [0.25, 0.3) is 0 Å². The second-order valence-electron chi connectivity index (χ2n) is 0.354. The molecule has 0 saturated carbocycles. The fourth-order valence-electron chi connectivity index (χ4n) is 0. The molecule has 0 aliphatic carbocycles. The molecule has 0 aliphatic rings. The maximum Gasteiger partial charge on any atom is 0.166 e. The van der Waals surface area contributed by atoms with Crippen LogP contribution in [0.3, 0.4) is 0 Å². The van der Waals surface area contributed by atoms with Crippen LogP contribution >= 0.6 is 24.0 Å². The molecule has 3 heteroatoms. The minimum Gasteiger partial charge on any atom is -0.487 e. The van der Waals surface area contributed by atoms with Gasteiger partial charge in [0.25, 0.3) is 0 Å². The largest absolute Gasteiger partial charge is 0.487 e. The first-order chi connectivity index (χ1) is 1.91. The first kappa shape index (κ1) is 8.96. The maximum atomic E-state index is 6.10. The number of ether oxygens (including phenoxy) is 1. The highest BCUT2D eigenvalue weighted by Crippen LogP contribution is 1.37. The van der Waals surface area contributed by atoms with Crippen molar-refractivity contribution in [2.45, 2.75) is 0 Å². The average Bonchev–Trinajstić information content (AvgIpc) is 1.37. The third-order valence-electron chi connectivity index (χ3n) is 0.118. The Hall–Kier alpha value is 0.200. The zero-order chi connectivity index (χ0) is 3.41. The molecule has 0 saturated heterocycles. The summed E-state index contributed by atoms with van der Waals surface area (Å²) in [7, 11) is 1.44. The molecule has 2 nitrogen and oxygen atoms in total. The van der Waals surface area contributed by atoms with Gasteiger partial charge in [0.2, 0.25) is 0 Å². The third-order valence-corrected chi connectivity index (χ3v) is 0.118. The average molecular weight is 187 g/mol. The Labute approximate surface area is 48.0 Å².